The third-order valence-corrected chi connectivity index (χ3v) is 3.22. The van der Waals surface area contributed by atoms with E-state index in [1.165, 1.54) is 11.9 Å². The molecule has 1 N–H and O–H groups in total. The van der Waals surface area contributed by atoms with Crippen LogP contribution < -0.4 is 10.1 Å². The van der Waals surface area contributed by atoms with E-state index in [9.17, 15) is 0 Å². The van der Waals surface area contributed by atoms with Crippen molar-refractivity contribution in [2.75, 3.05) is 12.4 Å². The second-order valence-corrected chi connectivity index (χ2v) is 5.82. The number of hydrogen-bond donors (Lipinski definition) is 1. The lowest BCUT2D eigenvalue weighted by atomic mass is 9.86. The van der Waals surface area contributed by atoms with Gasteiger partial charge in [0.2, 0.25) is 0 Å². The van der Waals surface area contributed by atoms with E-state index in [0.717, 1.165) is 5.69 Å². The van der Waals surface area contributed by atoms with Crippen LogP contribution in [-0.2, 0) is 5.41 Å². The minimum absolute atomic E-state index is 0.0215. The van der Waals surface area contributed by atoms with Crippen LogP contribution in [0.3, 0.4) is 0 Å². The zero-order valence-corrected chi connectivity index (χ0v) is 12.8. The van der Waals surface area contributed by atoms with Gasteiger partial charge in [-0.25, -0.2) is 9.97 Å². The van der Waals surface area contributed by atoms with Crippen LogP contribution in [0.4, 0.5) is 11.5 Å². The summed E-state index contributed by atoms with van der Waals surface area (Å²) in [5, 5.41) is 3.57. The summed E-state index contributed by atoms with van der Waals surface area (Å²) in [5.41, 5.74) is 2.19. The number of hydrogen-bond acceptors (Lipinski definition) is 4. The first-order valence-electron chi connectivity index (χ1n) is 6.34. The Morgan fingerprint density at radius 3 is 2.50 bits per heavy atom. The van der Waals surface area contributed by atoms with Crippen molar-refractivity contribution >= 4 is 23.1 Å². The predicted octanol–water partition coefficient (Wildman–Crippen LogP) is 4.18. The van der Waals surface area contributed by atoms with Crippen molar-refractivity contribution in [3.63, 3.8) is 0 Å². The van der Waals surface area contributed by atoms with Crippen molar-refractivity contribution < 1.29 is 4.74 Å². The normalized spacial score (nSPS) is 11.2. The molecule has 1 aromatic heterocycles. The summed E-state index contributed by atoms with van der Waals surface area (Å²) < 4.78 is 5.25. The smallest absolute Gasteiger partial charge is 0.199 e. The van der Waals surface area contributed by atoms with Crippen molar-refractivity contribution in [3.05, 3.63) is 41.3 Å². The molecule has 0 bridgehead atoms. The molecular weight excluding hydrogens is 274 g/mol. The average molecular weight is 292 g/mol. The van der Waals surface area contributed by atoms with Gasteiger partial charge in [0, 0.05) is 5.69 Å². The number of benzene rings is 1. The summed E-state index contributed by atoms with van der Waals surface area (Å²) >= 11 is 6.01. The van der Waals surface area contributed by atoms with E-state index in [1.807, 2.05) is 18.2 Å². The van der Waals surface area contributed by atoms with Crippen molar-refractivity contribution in [2.45, 2.75) is 26.2 Å². The van der Waals surface area contributed by atoms with Gasteiger partial charge in [0.15, 0.2) is 16.7 Å². The van der Waals surface area contributed by atoms with E-state index < -0.39 is 0 Å². The number of methoxy groups -OCH3 is 1. The minimum Gasteiger partial charge on any atom is -0.490 e. The van der Waals surface area contributed by atoms with Gasteiger partial charge in [-0.3, -0.25) is 0 Å². The first-order valence-corrected chi connectivity index (χ1v) is 6.72. The van der Waals surface area contributed by atoms with Gasteiger partial charge in [-0.1, -0.05) is 50.6 Å². The molecule has 0 amide bonds. The zero-order chi connectivity index (χ0) is 14.8. The monoisotopic (exact) mass is 291 g/mol. The van der Waals surface area contributed by atoms with Crippen LogP contribution >= 0.6 is 11.6 Å². The molecule has 0 saturated carbocycles. The maximum atomic E-state index is 6.01. The lowest BCUT2D eigenvalue weighted by Gasteiger charge is -2.23. The fourth-order valence-electron chi connectivity index (χ4n) is 2.00. The molecule has 0 aliphatic rings. The van der Waals surface area contributed by atoms with E-state index in [-0.39, 0.29) is 5.41 Å². The highest BCUT2D eigenvalue weighted by Gasteiger charge is 2.19. The quantitative estimate of drug-likeness (QED) is 0.862. The van der Waals surface area contributed by atoms with Crippen LogP contribution in [0.2, 0.25) is 5.15 Å². The highest BCUT2D eigenvalue weighted by molar-refractivity contribution is 6.31. The van der Waals surface area contributed by atoms with Crippen molar-refractivity contribution in [3.8, 4) is 5.75 Å². The molecule has 1 heterocycles. The Morgan fingerprint density at radius 2 is 1.85 bits per heavy atom. The van der Waals surface area contributed by atoms with Gasteiger partial charge in [-0.2, -0.15) is 0 Å². The number of nitrogens with zero attached hydrogens (tertiary/aromatic N) is 2. The first-order chi connectivity index (χ1) is 9.43. The number of halogens is 1. The molecule has 20 heavy (non-hydrogen) atoms. The van der Waals surface area contributed by atoms with E-state index in [4.69, 9.17) is 16.3 Å². The Kier molecular flexibility index (Phi) is 4.14. The second kappa shape index (κ2) is 5.67. The van der Waals surface area contributed by atoms with Crippen molar-refractivity contribution in [1.29, 1.82) is 0 Å². The average Bonchev–Trinajstić information content (AvgIpc) is 2.38. The lowest BCUT2D eigenvalue weighted by molar-refractivity contribution is 0.413. The molecule has 106 valence electrons. The molecular formula is C15H18ClN3O. The van der Waals surface area contributed by atoms with Crippen LogP contribution in [0.1, 0.15) is 26.3 Å². The molecule has 0 aliphatic carbocycles. The molecule has 2 aromatic rings. The summed E-state index contributed by atoms with van der Waals surface area (Å²) in [4.78, 5) is 8.11. The molecule has 0 fully saturated rings. The summed E-state index contributed by atoms with van der Waals surface area (Å²) in [6.45, 7) is 6.49. The number of para-hydroxylation sites is 1. The molecule has 0 atom stereocenters. The lowest BCUT2D eigenvalue weighted by Crippen LogP contribution is -2.14. The predicted molar refractivity (Wildman–Crippen MR) is 82.0 cm³/mol. The molecule has 2 rings (SSSR count). The van der Waals surface area contributed by atoms with E-state index in [0.29, 0.717) is 16.7 Å². The molecule has 5 heteroatoms. The fraction of sp³-hybridized carbons (Fsp3) is 0.333. The molecule has 0 aliphatic heterocycles. The zero-order valence-electron chi connectivity index (χ0n) is 12.1. The summed E-state index contributed by atoms with van der Waals surface area (Å²) in [6, 6.07) is 8.11. The van der Waals surface area contributed by atoms with Gasteiger partial charge in [0.1, 0.15) is 6.33 Å². The first kappa shape index (κ1) is 14.6. The van der Waals surface area contributed by atoms with Gasteiger partial charge < -0.3 is 10.1 Å². The summed E-state index contributed by atoms with van der Waals surface area (Å²) in [7, 11) is 1.55. The highest BCUT2D eigenvalue weighted by Crippen LogP contribution is 2.35. The minimum atomic E-state index is 0.0215. The van der Waals surface area contributed by atoms with E-state index in [2.05, 4.69) is 42.1 Å². The number of aromatic nitrogens is 2. The van der Waals surface area contributed by atoms with E-state index >= 15 is 0 Å². The molecule has 0 saturated heterocycles. The molecule has 0 spiro atoms. The summed E-state index contributed by atoms with van der Waals surface area (Å²) in [6.07, 6.45) is 1.41. The second-order valence-electron chi connectivity index (χ2n) is 5.47. The van der Waals surface area contributed by atoms with Crippen LogP contribution in [-0.4, -0.2) is 17.1 Å². The van der Waals surface area contributed by atoms with Crippen LogP contribution in [0.25, 0.3) is 0 Å². The molecule has 0 unspecified atom stereocenters. The number of nitrogens with one attached hydrogen (secondary N) is 1. The third kappa shape index (κ3) is 3.02. The van der Waals surface area contributed by atoms with Crippen molar-refractivity contribution in [2.24, 2.45) is 0 Å². The van der Waals surface area contributed by atoms with Gasteiger partial charge in [0.05, 0.1) is 7.11 Å². The maximum Gasteiger partial charge on any atom is 0.199 e. The van der Waals surface area contributed by atoms with Crippen LogP contribution in [0, 0.1) is 0 Å². The topological polar surface area (TPSA) is 47.0 Å². The number of rotatable bonds is 3. The highest BCUT2D eigenvalue weighted by atomic mass is 35.5. The van der Waals surface area contributed by atoms with Crippen LogP contribution in [0.15, 0.2) is 30.6 Å². The summed E-state index contributed by atoms with van der Waals surface area (Å²) in [5.74, 6) is 1.00. The number of anilines is 2. The van der Waals surface area contributed by atoms with E-state index in [1.54, 1.807) is 7.11 Å². The Bertz CT molecular complexity index is 608. The van der Waals surface area contributed by atoms with Crippen molar-refractivity contribution in [1.82, 2.24) is 9.97 Å². The molecule has 0 radical (unpaired) electrons. The Hall–Kier alpha value is -1.81. The van der Waals surface area contributed by atoms with Crippen LogP contribution in [0.5, 0.6) is 5.75 Å². The van der Waals surface area contributed by atoms with Gasteiger partial charge >= 0.3 is 0 Å². The van der Waals surface area contributed by atoms with Gasteiger partial charge in [-0.15, -0.1) is 0 Å². The third-order valence-electron chi connectivity index (χ3n) is 2.95. The maximum absolute atomic E-state index is 6.01. The molecule has 1 aromatic carbocycles. The number of ether oxygens (including phenoxy) is 1. The Morgan fingerprint density at radius 1 is 1.15 bits per heavy atom. The fourth-order valence-corrected chi connectivity index (χ4v) is 2.21. The van der Waals surface area contributed by atoms with Gasteiger partial charge in [-0.05, 0) is 17.0 Å². The Labute approximate surface area is 124 Å². The Balaban J connectivity index is 2.44. The standard InChI is InChI=1S/C15H18ClN3O/c1-15(2,3)10-7-5-6-8-11(10)19-14-12(20-4)13(16)17-9-18-14/h5-9H,1-4H3,(H,17,18,19). The molecule has 4 nitrogen and oxygen atoms in total. The van der Waals surface area contributed by atoms with Gasteiger partial charge in [0.25, 0.3) is 0 Å². The SMILES string of the molecule is COc1c(Cl)ncnc1Nc1ccccc1C(C)(C)C. The largest absolute Gasteiger partial charge is 0.490 e.